The molecule has 5 nitrogen and oxygen atoms in total. The maximum absolute atomic E-state index is 12.9. The summed E-state index contributed by atoms with van der Waals surface area (Å²) in [5.74, 6) is 0.434. The topological polar surface area (TPSA) is 65.5 Å². The summed E-state index contributed by atoms with van der Waals surface area (Å²) in [5, 5.41) is 1.04. The minimum absolute atomic E-state index is 0.230. The molecule has 0 spiro atoms. The SMILES string of the molecule is COC(=O)c1cc2ccccc2nc1S(=O)Cc1ccc(OC)cc1. The number of benzene rings is 2. The zero-order valence-electron chi connectivity index (χ0n) is 13.9. The molecule has 0 saturated carbocycles. The molecule has 0 bridgehead atoms. The molecule has 1 unspecified atom stereocenters. The van der Waals surface area contributed by atoms with Gasteiger partial charge in [0.25, 0.3) is 0 Å². The summed E-state index contributed by atoms with van der Waals surface area (Å²) in [6, 6.07) is 16.4. The fraction of sp³-hybridized carbons (Fsp3) is 0.158. The van der Waals surface area contributed by atoms with Crippen molar-refractivity contribution in [3.63, 3.8) is 0 Å². The standard InChI is InChI=1S/C19H17NO4S/c1-23-15-9-7-13(8-10-15)12-25(22)18-16(19(21)24-2)11-14-5-3-4-6-17(14)20-18/h3-11H,12H2,1-2H3. The number of para-hydroxylation sites is 1. The second-order valence-corrected chi connectivity index (χ2v) is 6.73. The van der Waals surface area contributed by atoms with E-state index >= 15 is 0 Å². The molecule has 0 aliphatic rings. The average Bonchev–Trinajstić information content (AvgIpc) is 2.66. The number of carbonyl (C=O) groups is 1. The van der Waals surface area contributed by atoms with Gasteiger partial charge in [-0.2, -0.15) is 0 Å². The van der Waals surface area contributed by atoms with E-state index in [1.165, 1.54) is 7.11 Å². The average molecular weight is 355 g/mol. The van der Waals surface area contributed by atoms with Gasteiger partial charge in [-0.05, 0) is 29.8 Å². The van der Waals surface area contributed by atoms with Crippen LogP contribution >= 0.6 is 0 Å². The molecule has 1 heterocycles. The van der Waals surface area contributed by atoms with Gasteiger partial charge in [0, 0.05) is 5.39 Å². The Morgan fingerprint density at radius 2 is 1.80 bits per heavy atom. The van der Waals surface area contributed by atoms with Gasteiger partial charge in [0.15, 0.2) is 0 Å². The van der Waals surface area contributed by atoms with Crippen molar-refractivity contribution in [3.05, 3.63) is 65.7 Å². The Labute approximate surface area is 148 Å². The van der Waals surface area contributed by atoms with E-state index in [-0.39, 0.29) is 16.3 Å². The maximum Gasteiger partial charge on any atom is 0.340 e. The summed E-state index contributed by atoms with van der Waals surface area (Å²) in [4.78, 5) is 16.6. The molecule has 0 aliphatic carbocycles. The van der Waals surface area contributed by atoms with Gasteiger partial charge in [0.05, 0.1) is 41.9 Å². The quantitative estimate of drug-likeness (QED) is 0.657. The van der Waals surface area contributed by atoms with Crippen molar-refractivity contribution < 1.29 is 18.5 Å². The van der Waals surface area contributed by atoms with E-state index in [1.807, 2.05) is 48.5 Å². The lowest BCUT2D eigenvalue weighted by Crippen LogP contribution is -2.10. The minimum Gasteiger partial charge on any atom is -0.497 e. The molecule has 1 aromatic heterocycles. The first-order valence-electron chi connectivity index (χ1n) is 7.62. The van der Waals surface area contributed by atoms with Gasteiger partial charge in [0.2, 0.25) is 0 Å². The molecule has 2 aromatic carbocycles. The number of methoxy groups -OCH3 is 2. The van der Waals surface area contributed by atoms with Crippen LogP contribution in [0.4, 0.5) is 0 Å². The van der Waals surface area contributed by atoms with Crippen molar-refractivity contribution in [2.75, 3.05) is 14.2 Å². The van der Waals surface area contributed by atoms with Crippen LogP contribution in [-0.2, 0) is 21.3 Å². The number of hydrogen-bond donors (Lipinski definition) is 0. The molecule has 0 saturated heterocycles. The van der Waals surface area contributed by atoms with E-state index in [0.717, 1.165) is 16.7 Å². The zero-order chi connectivity index (χ0) is 17.8. The van der Waals surface area contributed by atoms with Crippen LogP contribution in [0.2, 0.25) is 0 Å². The molecule has 0 radical (unpaired) electrons. The Bertz CT molecular complexity index is 938. The normalized spacial score (nSPS) is 11.9. The first-order valence-corrected chi connectivity index (χ1v) is 8.93. The van der Waals surface area contributed by atoms with Gasteiger partial charge in [-0.15, -0.1) is 0 Å². The van der Waals surface area contributed by atoms with Crippen molar-refractivity contribution >= 4 is 27.7 Å². The fourth-order valence-electron chi connectivity index (χ4n) is 2.47. The summed E-state index contributed by atoms with van der Waals surface area (Å²) in [6.07, 6.45) is 0. The fourth-order valence-corrected chi connectivity index (χ4v) is 3.69. The van der Waals surface area contributed by atoms with E-state index in [4.69, 9.17) is 9.47 Å². The van der Waals surface area contributed by atoms with Gasteiger partial charge in [-0.25, -0.2) is 9.78 Å². The van der Waals surface area contributed by atoms with Crippen molar-refractivity contribution in [3.8, 4) is 5.75 Å². The molecular weight excluding hydrogens is 338 g/mol. The molecule has 25 heavy (non-hydrogen) atoms. The summed E-state index contributed by atoms with van der Waals surface area (Å²) in [6.45, 7) is 0. The predicted molar refractivity (Wildman–Crippen MR) is 96.2 cm³/mol. The molecule has 0 fully saturated rings. The first-order chi connectivity index (χ1) is 12.1. The van der Waals surface area contributed by atoms with Gasteiger partial charge in [-0.3, -0.25) is 4.21 Å². The van der Waals surface area contributed by atoms with E-state index in [9.17, 15) is 9.00 Å². The largest absolute Gasteiger partial charge is 0.497 e. The Morgan fingerprint density at radius 3 is 2.48 bits per heavy atom. The monoisotopic (exact) mass is 355 g/mol. The number of nitrogens with zero attached hydrogens (tertiary/aromatic N) is 1. The van der Waals surface area contributed by atoms with Crippen LogP contribution < -0.4 is 4.74 Å². The summed E-state index contributed by atoms with van der Waals surface area (Å²) < 4.78 is 22.8. The highest BCUT2D eigenvalue weighted by Gasteiger charge is 2.20. The van der Waals surface area contributed by atoms with E-state index in [2.05, 4.69) is 4.98 Å². The number of ether oxygens (including phenoxy) is 2. The number of hydrogen-bond acceptors (Lipinski definition) is 5. The second-order valence-electron chi connectivity index (χ2n) is 5.36. The molecule has 3 rings (SSSR count). The summed E-state index contributed by atoms with van der Waals surface area (Å²) in [5.41, 5.74) is 1.78. The van der Waals surface area contributed by atoms with Gasteiger partial charge in [0.1, 0.15) is 10.8 Å². The third kappa shape index (κ3) is 3.69. The summed E-state index contributed by atoms with van der Waals surface area (Å²) in [7, 11) is 1.41. The predicted octanol–water partition coefficient (Wildman–Crippen LogP) is 3.34. The number of fused-ring (bicyclic) bond motifs is 1. The lowest BCUT2D eigenvalue weighted by molar-refractivity contribution is 0.0596. The molecule has 6 heteroatoms. The van der Waals surface area contributed by atoms with E-state index in [1.54, 1.807) is 13.2 Å². The van der Waals surface area contributed by atoms with Crippen LogP contribution in [0.25, 0.3) is 10.9 Å². The third-order valence-electron chi connectivity index (χ3n) is 3.77. The minimum atomic E-state index is -1.49. The number of pyridine rings is 1. The smallest absolute Gasteiger partial charge is 0.340 e. The third-order valence-corrected chi connectivity index (χ3v) is 5.10. The lowest BCUT2D eigenvalue weighted by Gasteiger charge is -2.09. The van der Waals surface area contributed by atoms with Crippen molar-refractivity contribution in [1.82, 2.24) is 4.98 Å². The van der Waals surface area contributed by atoms with Crippen molar-refractivity contribution in [1.29, 1.82) is 0 Å². The van der Waals surface area contributed by atoms with Gasteiger partial charge < -0.3 is 9.47 Å². The van der Waals surface area contributed by atoms with Gasteiger partial charge in [-0.1, -0.05) is 30.3 Å². The molecule has 1 atom stereocenters. The summed E-state index contributed by atoms with van der Waals surface area (Å²) >= 11 is 0. The van der Waals surface area contributed by atoms with Crippen LogP contribution in [0.1, 0.15) is 15.9 Å². The Hall–Kier alpha value is -2.73. The first kappa shape index (κ1) is 17.1. The number of carbonyl (C=O) groups excluding carboxylic acids is 1. The lowest BCUT2D eigenvalue weighted by atomic mass is 10.1. The van der Waals surface area contributed by atoms with Crippen LogP contribution in [0.3, 0.4) is 0 Å². The van der Waals surface area contributed by atoms with E-state index in [0.29, 0.717) is 5.52 Å². The molecule has 0 amide bonds. The molecule has 128 valence electrons. The highest BCUT2D eigenvalue weighted by molar-refractivity contribution is 7.84. The zero-order valence-corrected chi connectivity index (χ0v) is 14.7. The van der Waals surface area contributed by atoms with Crippen LogP contribution in [0.5, 0.6) is 5.75 Å². The number of aromatic nitrogens is 1. The highest BCUT2D eigenvalue weighted by Crippen LogP contribution is 2.22. The van der Waals surface area contributed by atoms with Crippen LogP contribution in [0.15, 0.2) is 59.6 Å². The second kappa shape index (κ2) is 7.44. The number of rotatable bonds is 5. The maximum atomic E-state index is 12.9. The molecule has 3 aromatic rings. The molecular formula is C19H17NO4S. The van der Waals surface area contributed by atoms with Crippen molar-refractivity contribution in [2.45, 2.75) is 10.8 Å². The highest BCUT2D eigenvalue weighted by atomic mass is 32.2. The van der Waals surface area contributed by atoms with Gasteiger partial charge >= 0.3 is 5.97 Å². The van der Waals surface area contributed by atoms with Crippen LogP contribution in [-0.4, -0.2) is 29.4 Å². The Morgan fingerprint density at radius 1 is 1.08 bits per heavy atom. The number of esters is 1. The Kier molecular flexibility index (Phi) is 5.09. The Balaban J connectivity index is 1.99. The molecule has 0 N–H and O–H groups in total. The molecule has 0 aliphatic heterocycles. The van der Waals surface area contributed by atoms with Crippen molar-refractivity contribution in [2.24, 2.45) is 0 Å². The van der Waals surface area contributed by atoms with E-state index < -0.39 is 16.8 Å². The van der Waals surface area contributed by atoms with Crippen LogP contribution in [0, 0.1) is 0 Å².